The van der Waals surface area contributed by atoms with Crippen molar-refractivity contribution in [2.24, 2.45) is 0 Å². The number of aromatic nitrogens is 1. The van der Waals surface area contributed by atoms with E-state index in [9.17, 15) is 18.0 Å². The van der Waals surface area contributed by atoms with E-state index in [2.05, 4.69) is 10.3 Å². The van der Waals surface area contributed by atoms with Gasteiger partial charge in [0.25, 0.3) is 15.9 Å². The Hall–Kier alpha value is -3.33. The number of carbonyl (C=O) groups is 1. The highest BCUT2D eigenvalue weighted by Crippen LogP contribution is 2.25. The highest BCUT2D eigenvalue weighted by molar-refractivity contribution is 7.92. The second-order valence-corrected chi connectivity index (χ2v) is 9.39. The van der Waals surface area contributed by atoms with Crippen LogP contribution in [0.2, 0.25) is 0 Å². The van der Waals surface area contributed by atoms with Gasteiger partial charge in [-0.1, -0.05) is 6.92 Å². The number of ether oxygens (including phenoxy) is 1. The van der Waals surface area contributed by atoms with Crippen LogP contribution in [0.1, 0.15) is 37.6 Å². The first-order chi connectivity index (χ1) is 15.2. The van der Waals surface area contributed by atoms with Crippen molar-refractivity contribution in [2.45, 2.75) is 38.1 Å². The van der Waals surface area contributed by atoms with Crippen molar-refractivity contribution in [1.82, 2.24) is 10.3 Å². The molecule has 1 amide bonds. The van der Waals surface area contributed by atoms with Gasteiger partial charge in [0.15, 0.2) is 0 Å². The Kier molecular flexibility index (Phi) is 6.88. The number of nitrogens with one attached hydrogen (secondary N) is 2. The minimum absolute atomic E-state index is 0.0497. The number of pyridine rings is 1. The molecule has 0 saturated heterocycles. The lowest BCUT2D eigenvalue weighted by Gasteiger charge is -2.20. The van der Waals surface area contributed by atoms with Crippen molar-refractivity contribution in [2.75, 3.05) is 18.0 Å². The summed E-state index contributed by atoms with van der Waals surface area (Å²) in [6.45, 7) is 6.14. The zero-order chi connectivity index (χ0) is 23.5. The van der Waals surface area contributed by atoms with Gasteiger partial charge in [-0.3, -0.25) is 13.9 Å². The molecule has 0 saturated carbocycles. The third kappa shape index (κ3) is 4.62. The topological polar surface area (TPSA) is 109 Å². The van der Waals surface area contributed by atoms with Crippen LogP contribution >= 0.6 is 0 Å². The molecule has 1 heterocycles. The molecule has 2 aromatic carbocycles. The first-order valence-corrected chi connectivity index (χ1v) is 11.8. The molecule has 0 spiro atoms. The van der Waals surface area contributed by atoms with Gasteiger partial charge in [0.2, 0.25) is 5.43 Å². The van der Waals surface area contributed by atoms with E-state index in [-0.39, 0.29) is 21.9 Å². The predicted octanol–water partition coefficient (Wildman–Crippen LogP) is 3.28. The van der Waals surface area contributed by atoms with E-state index >= 15 is 0 Å². The number of benzene rings is 2. The number of aromatic amines is 1. The maximum atomic E-state index is 13.2. The largest absolute Gasteiger partial charge is 0.494 e. The zero-order valence-electron chi connectivity index (χ0n) is 18.5. The number of hydrogen-bond donors (Lipinski definition) is 2. The van der Waals surface area contributed by atoms with Crippen LogP contribution < -0.4 is 19.8 Å². The molecule has 1 unspecified atom stereocenters. The number of anilines is 1. The van der Waals surface area contributed by atoms with E-state index in [4.69, 9.17) is 4.74 Å². The Morgan fingerprint density at radius 3 is 2.47 bits per heavy atom. The number of sulfonamides is 1. The Morgan fingerprint density at radius 2 is 1.84 bits per heavy atom. The van der Waals surface area contributed by atoms with Crippen molar-refractivity contribution >= 4 is 32.5 Å². The van der Waals surface area contributed by atoms with Crippen molar-refractivity contribution < 1.29 is 17.9 Å². The Bertz CT molecular complexity index is 1280. The molecule has 1 aromatic heterocycles. The Balaban J connectivity index is 1.99. The molecule has 0 radical (unpaired) electrons. The van der Waals surface area contributed by atoms with Crippen LogP contribution in [0.5, 0.6) is 5.75 Å². The monoisotopic (exact) mass is 457 g/mol. The molecule has 0 fully saturated rings. The van der Waals surface area contributed by atoms with E-state index in [1.807, 2.05) is 20.8 Å². The fourth-order valence-electron chi connectivity index (χ4n) is 3.15. The normalized spacial score (nSPS) is 12.4. The first kappa shape index (κ1) is 23.3. The number of hydrogen-bond acceptors (Lipinski definition) is 5. The maximum Gasteiger partial charge on any atom is 0.264 e. The number of carbonyl (C=O) groups excluding carboxylic acids is 1. The summed E-state index contributed by atoms with van der Waals surface area (Å²) in [7, 11) is -2.50. The summed E-state index contributed by atoms with van der Waals surface area (Å²) in [5, 5.41) is 2.88. The first-order valence-electron chi connectivity index (χ1n) is 10.4. The summed E-state index contributed by atoms with van der Waals surface area (Å²) >= 11 is 0. The average molecular weight is 458 g/mol. The number of nitrogens with zero attached hydrogens (tertiary/aromatic N) is 1. The van der Waals surface area contributed by atoms with Crippen LogP contribution in [0.25, 0.3) is 10.9 Å². The highest BCUT2D eigenvalue weighted by atomic mass is 32.2. The quantitative estimate of drug-likeness (QED) is 0.540. The summed E-state index contributed by atoms with van der Waals surface area (Å²) in [4.78, 5) is 28.3. The molecule has 0 aliphatic rings. The summed E-state index contributed by atoms with van der Waals surface area (Å²) in [5.74, 6) is 0.143. The van der Waals surface area contributed by atoms with Crippen LogP contribution in [0, 0.1) is 0 Å². The lowest BCUT2D eigenvalue weighted by Crippen LogP contribution is -2.35. The second kappa shape index (κ2) is 9.44. The summed E-state index contributed by atoms with van der Waals surface area (Å²) < 4.78 is 32.9. The van der Waals surface area contributed by atoms with E-state index in [0.717, 1.165) is 10.7 Å². The van der Waals surface area contributed by atoms with E-state index in [1.54, 1.807) is 24.3 Å². The van der Waals surface area contributed by atoms with Crippen LogP contribution in [-0.4, -0.2) is 39.0 Å². The summed E-state index contributed by atoms with van der Waals surface area (Å²) in [5.41, 5.74) is 0.300. The molecular formula is C23H27N3O5S. The molecule has 0 bridgehead atoms. The fourth-order valence-corrected chi connectivity index (χ4v) is 4.37. The molecule has 9 heteroatoms. The van der Waals surface area contributed by atoms with Gasteiger partial charge in [-0.15, -0.1) is 0 Å². The molecule has 32 heavy (non-hydrogen) atoms. The molecule has 170 valence electrons. The highest BCUT2D eigenvalue weighted by Gasteiger charge is 2.23. The standard InChI is InChI=1S/C23H27N3O5S/c1-5-15(3)25-23(28)20-14-24-21-12-11-18(13-19(21)22(20)27)32(29,30)26(4)16-7-9-17(10-8-16)31-6-2/h7-15H,5-6H2,1-4H3,(H,24,27)(H,25,28). The van der Waals surface area contributed by atoms with E-state index in [1.165, 1.54) is 31.4 Å². The maximum absolute atomic E-state index is 13.2. The summed E-state index contributed by atoms with van der Waals surface area (Å²) in [6.07, 6.45) is 2.07. The van der Waals surface area contributed by atoms with Crippen molar-refractivity contribution in [1.29, 1.82) is 0 Å². The van der Waals surface area contributed by atoms with Crippen molar-refractivity contribution in [3.8, 4) is 5.75 Å². The van der Waals surface area contributed by atoms with Crippen LogP contribution in [-0.2, 0) is 10.0 Å². The number of fused-ring (bicyclic) bond motifs is 1. The van der Waals surface area contributed by atoms with Gasteiger partial charge >= 0.3 is 0 Å². The lowest BCUT2D eigenvalue weighted by atomic mass is 10.1. The van der Waals surface area contributed by atoms with Crippen LogP contribution in [0.3, 0.4) is 0 Å². The molecule has 0 aliphatic heterocycles. The van der Waals surface area contributed by atoms with Crippen molar-refractivity contribution in [3.05, 3.63) is 64.4 Å². The molecule has 3 aromatic rings. The zero-order valence-corrected chi connectivity index (χ0v) is 19.3. The van der Waals surface area contributed by atoms with Gasteiger partial charge in [-0.25, -0.2) is 8.42 Å². The molecule has 8 nitrogen and oxygen atoms in total. The van der Waals surface area contributed by atoms with Gasteiger partial charge in [0.05, 0.1) is 17.2 Å². The minimum atomic E-state index is -3.94. The SMILES string of the molecule is CCOc1ccc(N(C)S(=O)(=O)c2ccc3[nH]cc(C(=O)NC(C)CC)c(=O)c3c2)cc1. The molecule has 3 rings (SSSR count). The Morgan fingerprint density at radius 1 is 1.16 bits per heavy atom. The van der Waals surface area contributed by atoms with Gasteiger partial charge < -0.3 is 15.0 Å². The fraction of sp³-hybridized carbons (Fsp3) is 0.304. The van der Waals surface area contributed by atoms with Crippen LogP contribution in [0.15, 0.2) is 58.4 Å². The number of H-pyrrole nitrogens is 1. The van der Waals surface area contributed by atoms with Gasteiger partial charge in [-0.2, -0.15) is 0 Å². The lowest BCUT2D eigenvalue weighted by molar-refractivity contribution is 0.0938. The second-order valence-electron chi connectivity index (χ2n) is 7.42. The number of rotatable bonds is 8. The Labute approximate surface area is 187 Å². The van der Waals surface area contributed by atoms with E-state index < -0.39 is 21.4 Å². The van der Waals surface area contributed by atoms with Crippen LogP contribution in [0.4, 0.5) is 5.69 Å². The summed E-state index contributed by atoms with van der Waals surface area (Å²) in [6, 6.07) is 10.8. The third-order valence-electron chi connectivity index (χ3n) is 5.26. The van der Waals surface area contributed by atoms with Gasteiger partial charge in [0.1, 0.15) is 11.3 Å². The van der Waals surface area contributed by atoms with Gasteiger partial charge in [0, 0.05) is 30.2 Å². The molecule has 2 N–H and O–H groups in total. The van der Waals surface area contributed by atoms with Crippen molar-refractivity contribution in [3.63, 3.8) is 0 Å². The molecule has 0 aliphatic carbocycles. The average Bonchev–Trinajstić information content (AvgIpc) is 2.79. The molecule has 1 atom stereocenters. The molecular weight excluding hydrogens is 430 g/mol. The van der Waals surface area contributed by atoms with E-state index in [0.29, 0.717) is 23.6 Å². The smallest absolute Gasteiger partial charge is 0.264 e. The number of amides is 1. The third-order valence-corrected chi connectivity index (χ3v) is 7.04. The predicted molar refractivity (Wildman–Crippen MR) is 125 cm³/mol. The van der Waals surface area contributed by atoms with Gasteiger partial charge in [-0.05, 0) is 62.7 Å². The minimum Gasteiger partial charge on any atom is -0.494 e.